The first-order chi connectivity index (χ1) is 9.16. The van der Waals surface area contributed by atoms with Crippen molar-refractivity contribution in [3.8, 4) is 0 Å². The van der Waals surface area contributed by atoms with Gasteiger partial charge in [-0.25, -0.2) is 9.97 Å². The predicted molar refractivity (Wildman–Crippen MR) is 72.4 cm³/mol. The number of hydrogen-bond donors (Lipinski definition) is 2. The Morgan fingerprint density at radius 1 is 1.53 bits per heavy atom. The van der Waals surface area contributed by atoms with E-state index in [1.165, 1.54) is 0 Å². The molecule has 1 fully saturated rings. The molecule has 0 saturated carbocycles. The molecule has 0 aliphatic carbocycles. The van der Waals surface area contributed by atoms with Gasteiger partial charge in [-0.1, -0.05) is 0 Å². The summed E-state index contributed by atoms with van der Waals surface area (Å²) in [6.07, 6.45) is 3.19. The number of nitrogens with two attached hydrogens (primary N) is 1. The summed E-state index contributed by atoms with van der Waals surface area (Å²) in [6.45, 7) is 1.81. The number of aryl methyl sites for hydroxylation is 1. The Morgan fingerprint density at radius 3 is 3.16 bits per heavy atom. The third-order valence-electron chi connectivity index (χ3n) is 3.34. The molecule has 7 nitrogen and oxygen atoms in total. The lowest BCUT2D eigenvalue weighted by atomic mass is 10.2. The van der Waals surface area contributed by atoms with Crippen molar-refractivity contribution in [2.24, 2.45) is 12.8 Å². The van der Waals surface area contributed by atoms with Crippen LogP contribution in [0.2, 0.25) is 0 Å². The SMILES string of the molecule is Cn1cnc2c(N3CCOC(C(=N)N)C3)nccc21. The Kier molecular flexibility index (Phi) is 2.83. The Morgan fingerprint density at radius 2 is 2.37 bits per heavy atom. The van der Waals surface area contributed by atoms with Crippen molar-refractivity contribution in [1.29, 1.82) is 5.41 Å². The van der Waals surface area contributed by atoms with E-state index < -0.39 is 0 Å². The molecule has 19 heavy (non-hydrogen) atoms. The number of rotatable bonds is 2. The highest BCUT2D eigenvalue weighted by atomic mass is 16.5. The van der Waals surface area contributed by atoms with Crippen molar-refractivity contribution in [2.45, 2.75) is 6.10 Å². The fraction of sp³-hybridized carbons (Fsp3) is 0.417. The number of aromatic nitrogens is 3. The second-order valence-corrected chi connectivity index (χ2v) is 4.62. The molecule has 2 aromatic rings. The second kappa shape index (κ2) is 4.51. The first kappa shape index (κ1) is 11.9. The van der Waals surface area contributed by atoms with Crippen molar-refractivity contribution < 1.29 is 4.74 Å². The fourth-order valence-corrected chi connectivity index (χ4v) is 2.31. The average molecular weight is 260 g/mol. The Balaban J connectivity index is 1.97. The summed E-state index contributed by atoms with van der Waals surface area (Å²) in [7, 11) is 1.96. The van der Waals surface area contributed by atoms with Gasteiger partial charge < -0.3 is 19.9 Å². The molecule has 1 atom stereocenters. The van der Waals surface area contributed by atoms with Gasteiger partial charge in [-0.05, 0) is 6.07 Å². The second-order valence-electron chi connectivity index (χ2n) is 4.62. The van der Waals surface area contributed by atoms with E-state index >= 15 is 0 Å². The molecule has 0 aromatic carbocycles. The highest BCUT2D eigenvalue weighted by Gasteiger charge is 2.25. The molecule has 3 rings (SSSR count). The van der Waals surface area contributed by atoms with Crippen LogP contribution in [0.5, 0.6) is 0 Å². The van der Waals surface area contributed by atoms with Gasteiger partial charge in [0, 0.05) is 19.8 Å². The normalized spacial score (nSPS) is 19.8. The summed E-state index contributed by atoms with van der Waals surface area (Å²) in [6, 6.07) is 1.94. The van der Waals surface area contributed by atoms with E-state index in [4.69, 9.17) is 15.9 Å². The Labute approximate surface area is 110 Å². The maximum Gasteiger partial charge on any atom is 0.156 e. The fourth-order valence-electron chi connectivity index (χ4n) is 2.31. The first-order valence-corrected chi connectivity index (χ1v) is 6.13. The van der Waals surface area contributed by atoms with Crippen molar-refractivity contribution >= 4 is 22.7 Å². The minimum atomic E-state index is -0.366. The molecule has 100 valence electrons. The minimum absolute atomic E-state index is 0.0536. The van der Waals surface area contributed by atoms with Crippen LogP contribution in [0.3, 0.4) is 0 Å². The van der Waals surface area contributed by atoms with E-state index in [1.54, 1.807) is 12.5 Å². The lowest BCUT2D eigenvalue weighted by Gasteiger charge is -2.33. The molecule has 0 radical (unpaired) electrons. The van der Waals surface area contributed by atoms with Crippen LogP contribution >= 0.6 is 0 Å². The molecule has 3 heterocycles. The highest BCUT2D eigenvalue weighted by molar-refractivity contribution is 5.87. The molecule has 0 bridgehead atoms. The van der Waals surface area contributed by atoms with Gasteiger partial charge >= 0.3 is 0 Å². The zero-order valence-corrected chi connectivity index (χ0v) is 10.7. The molecule has 1 aliphatic rings. The number of hydrogen-bond acceptors (Lipinski definition) is 5. The Hall–Kier alpha value is -2.15. The summed E-state index contributed by atoms with van der Waals surface area (Å²) in [4.78, 5) is 10.9. The smallest absolute Gasteiger partial charge is 0.156 e. The van der Waals surface area contributed by atoms with Gasteiger partial charge in [0.2, 0.25) is 0 Å². The molecule has 1 unspecified atom stereocenters. The maximum absolute atomic E-state index is 7.49. The molecular weight excluding hydrogens is 244 g/mol. The molecule has 0 spiro atoms. The molecule has 7 heteroatoms. The summed E-state index contributed by atoms with van der Waals surface area (Å²) < 4.78 is 7.43. The minimum Gasteiger partial charge on any atom is -0.385 e. The van der Waals surface area contributed by atoms with Gasteiger partial charge in [-0.3, -0.25) is 5.41 Å². The van der Waals surface area contributed by atoms with Crippen LogP contribution in [0.15, 0.2) is 18.6 Å². The van der Waals surface area contributed by atoms with Gasteiger partial charge in [-0.15, -0.1) is 0 Å². The topological polar surface area (TPSA) is 93.0 Å². The van der Waals surface area contributed by atoms with Crippen LogP contribution in [-0.4, -0.2) is 46.2 Å². The van der Waals surface area contributed by atoms with Crippen LogP contribution in [0.4, 0.5) is 5.82 Å². The number of morpholine rings is 1. The lowest BCUT2D eigenvalue weighted by Crippen LogP contribution is -2.48. The van der Waals surface area contributed by atoms with E-state index in [2.05, 4.69) is 14.9 Å². The van der Waals surface area contributed by atoms with Crippen LogP contribution < -0.4 is 10.6 Å². The number of imidazole rings is 1. The van der Waals surface area contributed by atoms with Gasteiger partial charge in [0.15, 0.2) is 5.82 Å². The van der Waals surface area contributed by atoms with Gasteiger partial charge in [0.1, 0.15) is 17.5 Å². The predicted octanol–water partition coefficient (Wildman–Crippen LogP) is 0.109. The van der Waals surface area contributed by atoms with E-state index in [1.807, 2.05) is 17.7 Å². The molecule has 2 aromatic heterocycles. The number of nitrogens with zero attached hydrogens (tertiary/aromatic N) is 4. The monoisotopic (exact) mass is 260 g/mol. The summed E-state index contributed by atoms with van der Waals surface area (Å²) in [5.74, 6) is 0.880. The number of anilines is 1. The van der Waals surface area contributed by atoms with Crippen LogP contribution in [0.25, 0.3) is 11.0 Å². The van der Waals surface area contributed by atoms with Crippen molar-refractivity contribution in [3.05, 3.63) is 18.6 Å². The largest absolute Gasteiger partial charge is 0.385 e. The number of ether oxygens (including phenoxy) is 1. The van der Waals surface area contributed by atoms with Crippen molar-refractivity contribution in [3.63, 3.8) is 0 Å². The number of amidine groups is 1. The molecule has 3 N–H and O–H groups in total. The third kappa shape index (κ3) is 2.01. The van der Waals surface area contributed by atoms with Crippen LogP contribution in [0.1, 0.15) is 0 Å². The van der Waals surface area contributed by atoms with Gasteiger partial charge in [-0.2, -0.15) is 0 Å². The van der Waals surface area contributed by atoms with E-state index in [0.29, 0.717) is 13.2 Å². The third-order valence-corrected chi connectivity index (χ3v) is 3.34. The zero-order chi connectivity index (χ0) is 13.4. The quantitative estimate of drug-likeness (QED) is 0.590. The molecule has 1 aliphatic heterocycles. The number of nitrogens with one attached hydrogen (secondary N) is 1. The summed E-state index contributed by atoms with van der Waals surface area (Å²) in [5, 5.41) is 7.49. The lowest BCUT2D eigenvalue weighted by molar-refractivity contribution is 0.0824. The van der Waals surface area contributed by atoms with Gasteiger partial charge in [0.25, 0.3) is 0 Å². The summed E-state index contributed by atoms with van der Waals surface area (Å²) in [5.41, 5.74) is 7.42. The molecule has 0 amide bonds. The molecule has 1 saturated heterocycles. The van der Waals surface area contributed by atoms with Crippen molar-refractivity contribution in [2.75, 3.05) is 24.6 Å². The number of pyridine rings is 1. The van der Waals surface area contributed by atoms with Gasteiger partial charge in [0.05, 0.1) is 25.0 Å². The first-order valence-electron chi connectivity index (χ1n) is 6.13. The maximum atomic E-state index is 7.49. The van der Waals surface area contributed by atoms with Crippen molar-refractivity contribution in [1.82, 2.24) is 14.5 Å². The van der Waals surface area contributed by atoms with E-state index in [9.17, 15) is 0 Å². The van der Waals surface area contributed by atoms with E-state index in [-0.39, 0.29) is 11.9 Å². The molecular formula is C12H16N6O. The standard InChI is InChI=1S/C12H16N6O/c1-17-7-16-10-8(17)2-3-15-12(10)18-4-5-19-9(6-18)11(13)14/h2-3,7,9H,4-6H2,1H3,(H3,13,14). The average Bonchev–Trinajstić information content (AvgIpc) is 2.81. The summed E-state index contributed by atoms with van der Waals surface area (Å²) >= 11 is 0. The van der Waals surface area contributed by atoms with Crippen LogP contribution in [0, 0.1) is 5.41 Å². The Bertz CT molecular complexity index is 622. The zero-order valence-electron chi connectivity index (χ0n) is 10.7. The highest BCUT2D eigenvalue weighted by Crippen LogP contribution is 2.24. The number of fused-ring (bicyclic) bond motifs is 1. The van der Waals surface area contributed by atoms with Crippen LogP contribution in [-0.2, 0) is 11.8 Å². The van der Waals surface area contributed by atoms with E-state index in [0.717, 1.165) is 23.4 Å².